The Hall–Kier alpha value is -4.49. The Kier molecular flexibility index (Phi) is 6.82. The molecule has 192 valence electrons. The number of rotatable bonds is 7. The highest BCUT2D eigenvalue weighted by atomic mass is 32.1. The van der Waals surface area contributed by atoms with E-state index in [1.165, 1.54) is 5.56 Å². The molecule has 0 saturated heterocycles. The maximum absolute atomic E-state index is 11.4. The van der Waals surface area contributed by atoms with Crippen LogP contribution in [0.5, 0.6) is 0 Å². The lowest BCUT2D eigenvalue weighted by molar-refractivity contribution is 0.0697. The monoisotopic (exact) mass is 530 g/mol. The molecule has 5 aromatic rings. The number of aromatic nitrogens is 2. The Balaban J connectivity index is 1.36. The standard InChI is InChI=1S/C32H26N4O2S/c37-32(38)24-10-13-27(14-11-24)36-31(23-8-6-22(7-9-23)21-4-2-1-3-5-21)19-29(35-36)25-12-15-28-30(18-25)33-20-26(34-28)16-17-39/h1-15,18,20,31,39H,16-17,19H2,(H,37,38). The van der Waals surface area contributed by atoms with E-state index in [1.54, 1.807) is 12.1 Å². The predicted octanol–water partition coefficient (Wildman–Crippen LogP) is 6.82. The summed E-state index contributed by atoms with van der Waals surface area (Å²) in [4.78, 5) is 20.7. The molecule has 1 atom stereocenters. The van der Waals surface area contributed by atoms with Crippen LogP contribution in [0.15, 0.2) is 108 Å². The molecule has 0 spiro atoms. The van der Waals surface area contributed by atoms with Crippen molar-refractivity contribution in [2.75, 3.05) is 10.8 Å². The van der Waals surface area contributed by atoms with Gasteiger partial charge in [0, 0.05) is 24.6 Å². The van der Waals surface area contributed by atoms with E-state index >= 15 is 0 Å². The molecule has 6 rings (SSSR count). The van der Waals surface area contributed by atoms with Gasteiger partial charge in [0.15, 0.2) is 0 Å². The van der Waals surface area contributed by atoms with Gasteiger partial charge in [-0.2, -0.15) is 17.7 Å². The fraction of sp³-hybridized carbons (Fsp3) is 0.125. The van der Waals surface area contributed by atoms with E-state index in [2.05, 4.69) is 54.0 Å². The van der Waals surface area contributed by atoms with Crippen LogP contribution in [0.1, 0.15) is 39.6 Å². The van der Waals surface area contributed by atoms with Crippen molar-refractivity contribution < 1.29 is 9.90 Å². The van der Waals surface area contributed by atoms with Crippen molar-refractivity contribution in [1.29, 1.82) is 0 Å². The molecule has 4 aromatic carbocycles. The molecule has 1 unspecified atom stereocenters. The van der Waals surface area contributed by atoms with Gasteiger partial charge in [-0.1, -0.05) is 60.7 Å². The SMILES string of the molecule is O=C(O)c1ccc(N2N=C(c3ccc4nc(CCS)cnc4c3)CC2c2ccc(-c3ccccc3)cc2)cc1. The molecule has 2 heterocycles. The minimum absolute atomic E-state index is 0.0416. The Morgan fingerprint density at radius 3 is 2.31 bits per heavy atom. The number of hydrogen-bond donors (Lipinski definition) is 2. The summed E-state index contributed by atoms with van der Waals surface area (Å²) in [5.41, 5.74) is 9.08. The summed E-state index contributed by atoms with van der Waals surface area (Å²) in [7, 11) is 0. The largest absolute Gasteiger partial charge is 0.478 e. The summed E-state index contributed by atoms with van der Waals surface area (Å²) < 4.78 is 0. The fourth-order valence-corrected chi connectivity index (χ4v) is 5.16. The minimum Gasteiger partial charge on any atom is -0.478 e. The number of hydrogen-bond acceptors (Lipinski definition) is 6. The zero-order valence-electron chi connectivity index (χ0n) is 21.1. The van der Waals surface area contributed by atoms with Crippen molar-refractivity contribution in [3.8, 4) is 11.1 Å². The van der Waals surface area contributed by atoms with E-state index in [4.69, 9.17) is 10.1 Å². The van der Waals surface area contributed by atoms with Crippen LogP contribution in [-0.4, -0.2) is 32.5 Å². The zero-order chi connectivity index (χ0) is 26.8. The first-order valence-electron chi connectivity index (χ1n) is 12.8. The Labute approximate surface area is 232 Å². The van der Waals surface area contributed by atoms with E-state index in [0.717, 1.165) is 57.0 Å². The molecule has 39 heavy (non-hydrogen) atoms. The Morgan fingerprint density at radius 1 is 0.872 bits per heavy atom. The molecular weight excluding hydrogens is 504 g/mol. The number of nitrogens with zero attached hydrogens (tertiary/aromatic N) is 4. The highest BCUT2D eigenvalue weighted by molar-refractivity contribution is 7.80. The minimum atomic E-state index is -0.949. The van der Waals surface area contributed by atoms with Crippen molar-refractivity contribution >= 4 is 41.0 Å². The first-order valence-corrected chi connectivity index (χ1v) is 13.4. The average Bonchev–Trinajstić information content (AvgIpc) is 3.43. The lowest BCUT2D eigenvalue weighted by Gasteiger charge is -2.24. The fourth-order valence-electron chi connectivity index (χ4n) is 4.93. The van der Waals surface area contributed by atoms with Crippen LogP contribution in [0.2, 0.25) is 0 Å². The summed E-state index contributed by atoms with van der Waals surface area (Å²) >= 11 is 4.30. The maximum Gasteiger partial charge on any atom is 0.335 e. The van der Waals surface area contributed by atoms with E-state index < -0.39 is 5.97 Å². The average molecular weight is 531 g/mol. The summed E-state index contributed by atoms with van der Waals surface area (Å²) in [6, 6.07) is 31.8. The van der Waals surface area contributed by atoms with Crippen molar-refractivity contribution in [3.63, 3.8) is 0 Å². The van der Waals surface area contributed by atoms with Gasteiger partial charge in [0.1, 0.15) is 0 Å². The van der Waals surface area contributed by atoms with Gasteiger partial charge in [-0.3, -0.25) is 9.99 Å². The predicted molar refractivity (Wildman–Crippen MR) is 159 cm³/mol. The van der Waals surface area contributed by atoms with Crippen LogP contribution in [0.3, 0.4) is 0 Å². The number of aryl methyl sites for hydroxylation is 1. The van der Waals surface area contributed by atoms with E-state index in [9.17, 15) is 9.90 Å². The van der Waals surface area contributed by atoms with Crippen LogP contribution in [-0.2, 0) is 6.42 Å². The number of aromatic carboxylic acids is 1. The van der Waals surface area contributed by atoms with Crippen LogP contribution in [0.4, 0.5) is 5.69 Å². The van der Waals surface area contributed by atoms with Crippen LogP contribution in [0, 0.1) is 0 Å². The van der Waals surface area contributed by atoms with Crippen LogP contribution in [0.25, 0.3) is 22.2 Å². The first kappa shape index (κ1) is 24.8. The van der Waals surface area contributed by atoms with Gasteiger partial charge in [-0.15, -0.1) is 0 Å². The number of thiol groups is 1. The van der Waals surface area contributed by atoms with Gasteiger partial charge in [-0.05, 0) is 58.8 Å². The summed E-state index contributed by atoms with van der Waals surface area (Å²) in [6.45, 7) is 0. The van der Waals surface area contributed by atoms with Gasteiger partial charge in [0.2, 0.25) is 0 Å². The molecule has 1 aliphatic heterocycles. The van der Waals surface area contributed by atoms with Crippen molar-refractivity contribution in [1.82, 2.24) is 9.97 Å². The van der Waals surface area contributed by atoms with Gasteiger partial charge >= 0.3 is 5.97 Å². The van der Waals surface area contributed by atoms with Crippen molar-refractivity contribution in [3.05, 3.63) is 126 Å². The number of carboxylic acids is 1. The molecule has 1 aromatic heterocycles. The zero-order valence-corrected chi connectivity index (χ0v) is 22.0. The molecule has 0 aliphatic carbocycles. The summed E-state index contributed by atoms with van der Waals surface area (Å²) in [5.74, 6) is -0.221. The number of carboxylic acid groups (broad SMARTS) is 1. The molecule has 6 nitrogen and oxygen atoms in total. The lowest BCUT2D eigenvalue weighted by atomic mass is 9.96. The molecular formula is C32H26N4O2S. The number of anilines is 1. The van der Waals surface area contributed by atoms with Gasteiger partial charge in [0.25, 0.3) is 0 Å². The number of hydrazone groups is 1. The molecule has 0 amide bonds. The van der Waals surface area contributed by atoms with E-state index in [1.807, 2.05) is 59.7 Å². The maximum atomic E-state index is 11.4. The topological polar surface area (TPSA) is 78.7 Å². The number of carbonyl (C=O) groups is 1. The van der Waals surface area contributed by atoms with Gasteiger partial charge < -0.3 is 5.11 Å². The second-order valence-electron chi connectivity index (χ2n) is 9.49. The van der Waals surface area contributed by atoms with Crippen molar-refractivity contribution in [2.24, 2.45) is 5.10 Å². The van der Waals surface area contributed by atoms with E-state index in [-0.39, 0.29) is 11.6 Å². The Bertz CT molecular complexity index is 1670. The smallest absolute Gasteiger partial charge is 0.335 e. The highest BCUT2D eigenvalue weighted by Crippen LogP contribution is 2.37. The second kappa shape index (κ2) is 10.7. The summed E-state index contributed by atoms with van der Waals surface area (Å²) in [5, 5.41) is 16.4. The molecule has 0 radical (unpaired) electrons. The summed E-state index contributed by atoms with van der Waals surface area (Å²) in [6.07, 6.45) is 3.29. The van der Waals surface area contributed by atoms with Crippen LogP contribution < -0.4 is 5.01 Å². The van der Waals surface area contributed by atoms with Gasteiger partial charge in [-0.25, -0.2) is 9.78 Å². The first-order chi connectivity index (χ1) is 19.1. The van der Waals surface area contributed by atoms with E-state index in [0.29, 0.717) is 6.42 Å². The quantitative estimate of drug-likeness (QED) is 0.226. The highest BCUT2D eigenvalue weighted by Gasteiger charge is 2.30. The Morgan fingerprint density at radius 2 is 1.59 bits per heavy atom. The van der Waals surface area contributed by atoms with Crippen LogP contribution >= 0.6 is 12.6 Å². The number of benzene rings is 4. The number of fused-ring (bicyclic) bond motifs is 1. The molecule has 1 aliphatic rings. The molecule has 0 saturated carbocycles. The van der Waals surface area contributed by atoms with Crippen molar-refractivity contribution in [2.45, 2.75) is 18.9 Å². The lowest BCUT2D eigenvalue weighted by Crippen LogP contribution is -2.18. The molecule has 1 N–H and O–H groups in total. The third kappa shape index (κ3) is 5.13. The normalized spacial score (nSPS) is 14.9. The molecule has 0 bridgehead atoms. The third-order valence-electron chi connectivity index (χ3n) is 6.99. The molecule has 7 heteroatoms. The second-order valence-corrected chi connectivity index (χ2v) is 9.94. The molecule has 0 fully saturated rings. The third-order valence-corrected chi connectivity index (χ3v) is 7.21. The van der Waals surface area contributed by atoms with Gasteiger partial charge in [0.05, 0.1) is 39.7 Å².